The Kier molecular flexibility index (Phi) is 10.4. The van der Waals surface area contributed by atoms with Gasteiger partial charge in [0, 0.05) is 53.9 Å². The van der Waals surface area contributed by atoms with Gasteiger partial charge in [0.25, 0.3) is 0 Å². The number of ether oxygens (including phenoxy) is 1. The summed E-state index contributed by atoms with van der Waals surface area (Å²) in [4.78, 5) is 32.7. The molecule has 1 atom stereocenters. The number of unbranched alkanes of at least 4 members (excludes halogenated alkanes) is 1. The topological polar surface area (TPSA) is 85.8 Å². The molecule has 1 aromatic carbocycles. The van der Waals surface area contributed by atoms with Gasteiger partial charge in [-0.2, -0.15) is 0 Å². The number of nitrogens with zero attached hydrogens (tertiary/aromatic N) is 3. The van der Waals surface area contributed by atoms with Crippen LogP contribution in [-0.4, -0.2) is 38.9 Å². The first kappa shape index (κ1) is 27.8. The van der Waals surface area contributed by atoms with Gasteiger partial charge in [0.2, 0.25) is 10.9 Å². The van der Waals surface area contributed by atoms with Crippen LogP contribution < -0.4 is 0 Å². The Bertz CT molecular complexity index is 1270. The molecular formula is C27H29Cl2N3O4. The second-order valence-corrected chi connectivity index (χ2v) is 9.66. The zero-order valence-electron chi connectivity index (χ0n) is 20.2. The SMILES string of the molecule is [C-]#[N+]c1cnc2c(c1)c(C(=O)C[C@H](C)CC(=O)Cl)c(CCCCOCc1cccc(Cl)c1)n2CCO. The number of aliphatic hydroxyl groups is 1. The van der Waals surface area contributed by atoms with E-state index in [1.54, 1.807) is 6.07 Å². The zero-order chi connectivity index (χ0) is 26.1. The van der Waals surface area contributed by atoms with Crippen molar-refractivity contribution in [3.8, 4) is 0 Å². The van der Waals surface area contributed by atoms with Crippen molar-refractivity contribution in [2.24, 2.45) is 5.92 Å². The van der Waals surface area contributed by atoms with E-state index in [9.17, 15) is 14.7 Å². The number of carbonyl (C=O) groups is 2. The lowest BCUT2D eigenvalue weighted by Gasteiger charge is -2.12. The molecule has 0 amide bonds. The smallest absolute Gasteiger partial charge is 0.221 e. The van der Waals surface area contributed by atoms with Crippen molar-refractivity contribution < 1.29 is 19.4 Å². The van der Waals surface area contributed by atoms with Crippen molar-refractivity contribution in [1.82, 2.24) is 9.55 Å². The van der Waals surface area contributed by atoms with Crippen molar-refractivity contribution in [3.63, 3.8) is 0 Å². The highest BCUT2D eigenvalue weighted by Gasteiger charge is 2.25. The maximum atomic E-state index is 13.4. The van der Waals surface area contributed by atoms with E-state index in [1.165, 1.54) is 6.20 Å². The number of rotatable bonds is 14. The Morgan fingerprint density at radius 1 is 1.25 bits per heavy atom. The molecular weight excluding hydrogens is 501 g/mol. The van der Waals surface area contributed by atoms with Gasteiger partial charge in [-0.3, -0.25) is 9.59 Å². The van der Waals surface area contributed by atoms with Crippen LogP contribution in [0.3, 0.4) is 0 Å². The van der Waals surface area contributed by atoms with Gasteiger partial charge in [0.05, 0.1) is 19.8 Å². The number of Topliss-reactive ketones (excluding diaryl/α,β-unsaturated/α-hetero) is 1. The second-order valence-electron chi connectivity index (χ2n) is 8.80. The predicted molar refractivity (Wildman–Crippen MR) is 141 cm³/mol. The molecule has 2 aromatic heterocycles. The van der Waals surface area contributed by atoms with Gasteiger partial charge in [0.1, 0.15) is 5.65 Å². The van der Waals surface area contributed by atoms with Crippen LogP contribution in [0.2, 0.25) is 5.02 Å². The van der Waals surface area contributed by atoms with Gasteiger partial charge in [-0.05, 0) is 60.5 Å². The number of benzene rings is 1. The maximum Gasteiger partial charge on any atom is 0.221 e. The van der Waals surface area contributed by atoms with Crippen molar-refractivity contribution in [2.75, 3.05) is 13.2 Å². The fourth-order valence-electron chi connectivity index (χ4n) is 4.31. The summed E-state index contributed by atoms with van der Waals surface area (Å²) in [6.07, 6.45) is 3.83. The summed E-state index contributed by atoms with van der Waals surface area (Å²) in [5.41, 5.74) is 3.18. The lowest BCUT2D eigenvalue weighted by molar-refractivity contribution is -0.112. The summed E-state index contributed by atoms with van der Waals surface area (Å²) in [6, 6.07) is 9.21. The molecule has 9 heteroatoms. The van der Waals surface area contributed by atoms with E-state index in [2.05, 4.69) is 9.83 Å². The molecule has 0 aliphatic heterocycles. The van der Waals surface area contributed by atoms with Gasteiger partial charge in [-0.25, -0.2) is 9.83 Å². The number of halogens is 2. The molecule has 0 radical (unpaired) electrons. The predicted octanol–water partition coefficient (Wildman–Crippen LogP) is 6.14. The summed E-state index contributed by atoms with van der Waals surface area (Å²) in [5, 5.41) is 10.5. The average Bonchev–Trinajstić information content (AvgIpc) is 3.13. The van der Waals surface area contributed by atoms with E-state index in [-0.39, 0.29) is 37.7 Å². The number of hydrogen-bond donors (Lipinski definition) is 1. The highest BCUT2D eigenvalue weighted by Crippen LogP contribution is 2.31. The number of hydrogen-bond acceptors (Lipinski definition) is 5. The van der Waals surface area contributed by atoms with E-state index in [4.69, 9.17) is 34.5 Å². The van der Waals surface area contributed by atoms with Crippen LogP contribution in [0.4, 0.5) is 5.69 Å². The van der Waals surface area contributed by atoms with Gasteiger partial charge >= 0.3 is 0 Å². The summed E-state index contributed by atoms with van der Waals surface area (Å²) in [7, 11) is 0. The third-order valence-corrected chi connectivity index (χ3v) is 6.27. The highest BCUT2D eigenvalue weighted by molar-refractivity contribution is 6.63. The molecule has 0 unspecified atom stereocenters. The van der Waals surface area contributed by atoms with Crippen LogP contribution in [0.15, 0.2) is 36.5 Å². The molecule has 0 aliphatic carbocycles. The van der Waals surface area contributed by atoms with E-state index in [0.717, 1.165) is 24.1 Å². The number of carbonyl (C=O) groups excluding carboxylic acids is 2. The first-order valence-corrected chi connectivity index (χ1v) is 12.6. The molecule has 0 aliphatic rings. The molecule has 1 N–H and O–H groups in total. The molecule has 0 bridgehead atoms. The summed E-state index contributed by atoms with van der Waals surface area (Å²) in [5.74, 6) is -0.346. The molecule has 0 spiro atoms. The fourth-order valence-corrected chi connectivity index (χ4v) is 4.79. The third-order valence-electron chi connectivity index (χ3n) is 5.88. The van der Waals surface area contributed by atoms with Crippen molar-refractivity contribution in [1.29, 1.82) is 0 Å². The molecule has 2 heterocycles. The molecule has 3 rings (SSSR count). The Balaban J connectivity index is 1.79. The molecule has 190 valence electrons. The second kappa shape index (κ2) is 13.5. The van der Waals surface area contributed by atoms with Crippen LogP contribution in [0, 0.1) is 12.5 Å². The number of pyridine rings is 1. The lowest BCUT2D eigenvalue weighted by atomic mass is 9.95. The number of ketones is 1. The van der Waals surface area contributed by atoms with E-state index in [0.29, 0.717) is 46.9 Å². The normalized spacial score (nSPS) is 12.0. The Morgan fingerprint density at radius 3 is 2.75 bits per heavy atom. The van der Waals surface area contributed by atoms with Gasteiger partial charge in [0.15, 0.2) is 5.78 Å². The molecule has 0 saturated heterocycles. The summed E-state index contributed by atoms with van der Waals surface area (Å²) < 4.78 is 7.65. The van der Waals surface area contributed by atoms with Crippen molar-refractivity contribution in [2.45, 2.75) is 52.2 Å². The van der Waals surface area contributed by atoms with Gasteiger partial charge < -0.3 is 14.4 Å². The van der Waals surface area contributed by atoms with E-state index in [1.807, 2.05) is 35.8 Å². The number of fused-ring (bicyclic) bond motifs is 1. The Hall–Kier alpha value is -2.76. The minimum atomic E-state index is -0.479. The molecule has 3 aromatic rings. The van der Waals surface area contributed by atoms with Crippen LogP contribution in [0.1, 0.15) is 54.2 Å². The summed E-state index contributed by atoms with van der Waals surface area (Å²) >= 11 is 11.5. The Labute approximate surface area is 220 Å². The number of aromatic nitrogens is 2. The van der Waals surface area contributed by atoms with E-state index < -0.39 is 5.24 Å². The number of aliphatic hydroxyl groups excluding tert-OH is 1. The third kappa shape index (κ3) is 7.37. The van der Waals surface area contributed by atoms with Gasteiger partial charge in [-0.1, -0.05) is 30.7 Å². The molecule has 0 fully saturated rings. The zero-order valence-corrected chi connectivity index (χ0v) is 21.7. The van der Waals surface area contributed by atoms with Crippen molar-refractivity contribution in [3.05, 3.63) is 69.8 Å². The van der Waals surface area contributed by atoms with E-state index >= 15 is 0 Å². The standard InChI is InChI=1S/C27H29Cl2N3O4/c1-18(13-25(29)35)12-24(34)26-22-15-21(30-2)16-31-27(22)32(9-10-33)23(26)8-3-4-11-36-17-19-6-5-7-20(28)14-19/h5-7,14-16,18,33H,3-4,8-13,17H2,1H3/t18-/m0/s1. The minimum absolute atomic E-state index is 0.105. The Morgan fingerprint density at radius 2 is 2.06 bits per heavy atom. The largest absolute Gasteiger partial charge is 0.395 e. The van der Waals surface area contributed by atoms with Crippen LogP contribution in [-0.2, 0) is 29.1 Å². The maximum absolute atomic E-state index is 13.4. The molecule has 36 heavy (non-hydrogen) atoms. The van der Waals surface area contributed by atoms with Gasteiger partial charge in [-0.15, -0.1) is 0 Å². The summed E-state index contributed by atoms with van der Waals surface area (Å²) in [6.45, 7) is 10.3. The monoisotopic (exact) mass is 529 g/mol. The quantitative estimate of drug-likeness (QED) is 0.117. The molecule has 0 saturated carbocycles. The first-order chi connectivity index (χ1) is 17.3. The fraction of sp³-hybridized carbons (Fsp3) is 0.407. The van der Waals surface area contributed by atoms with Crippen LogP contribution >= 0.6 is 23.2 Å². The minimum Gasteiger partial charge on any atom is -0.395 e. The first-order valence-electron chi connectivity index (χ1n) is 11.9. The van der Waals surface area contributed by atoms with Crippen LogP contribution in [0.25, 0.3) is 15.9 Å². The van der Waals surface area contributed by atoms with Crippen molar-refractivity contribution >= 4 is 50.9 Å². The highest BCUT2D eigenvalue weighted by atomic mass is 35.5. The molecule has 7 nitrogen and oxygen atoms in total. The lowest BCUT2D eigenvalue weighted by Crippen LogP contribution is -2.13. The average molecular weight is 530 g/mol. The van der Waals surface area contributed by atoms with Crippen LogP contribution in [0.5, 0.6) is 0 Å².